The first-order valence-electron chi connectivity index (χ1n) is 5.51. The van der Waals surface area contributed by atoms with Gasteiger partial charge in [-0.1, -0.05) is 6.07 Å². The van der Waals surface area contributed by atoms with Crippen molar-refractivity contribution < 1.29 is 4.39 Å². The summed E-state index contributed by atoms with van der Waals surface area (Å²) in [5.41, 5.74) is 8.83. The quantitative estimate of drug-likeness (QED) is 0.713. The predicted molar refractivity (Wildman–Crippen MR) is 68.0 cm³/mol. The van der Waals surface area contributed by atoms with Crippen LogP contribution in [0, 0.1) is 12.7 Å². The van der Waals surface area contributed by atoms with Gasteiger partial charge < -0.3 is 5.73 Å². The molecule has 2 N–H and O–H groups in total. The molecule has 0 aliphatic carbocycles. The van der Waals surface area contributed by atoms with E-state index < -0.39 is 0 Å². The Morgan fingerprint density at radius 3 is 2.89 bits per heavy atom. The minimum Gasteiger partial charge on any atom is -0.369 e. The molecule has 0 fully saturated rings. The fraction of sp³-hybridized carbons (Fsp3) is 0.0769. The van der Waals surface area contributed by atoms with E-state index in [0.717, 1.165) is 5.56 Å². The third-order valence-corrected chi connectivity index (χ3v) is 2.73. The first kappa shape index (κ1) is 10.7. The molecule has 0 bridgehead atoms. The lowest BCUT2D eigenvalue weighted by molar-refractivity contribution is 0.627. The predicted octanol–water partition coefficient (Wildman–Crippen LogP) is 2.45. The number of halogens is 1. The number of fused-ring (bicyclic) bond motifs is 1. The summed E-state index contributed by atoms with van der Waals surface area (Å²) in [4.78, 5) is 8.54. The van der Waals surface area contributed by atoms with Gasteiger partial charge in [-0.25, -0.2) is 14.4 Å². The van der Waals surface area contributed by atoms with Crippen molar-refractivity contribution in [1.82, 2.24) is 14.5 Å². The molecule has 0 aliphatic rings. The molecule has 0 atom stereocenters. The molecule has 0 radical (unpaired) electrons. The van der Waals surface area contributed by atoms with Crippen molar-refractivity contribution in [1.29, 1.82) is 0 Å². The van der Waals surface area contributed by atoms with Crippen molar-refractivity contribution in [3.63, 3.8) is 0 Å². The Balaban J connectivity index is 2.32. The Morgan fingerprint density at radius 1 is 1.28 bits per heavy atom. The average Bonchev–Trinajstić information content (AvgIpc) is 2.64. The van der Waals surface area contributed by atoms with Gasteiger partial charge in [-0.2, -0.15) is 0 Å². The number of hydrogen-bond acceptors (Lipinski definition) is 3. The second kappa shape index (κ2) is 3.80. The van der Waals surface area contributed by atoms with E-state index >= 15 is 0 Å². The van der Waals surface area contributed by atoms with Crippen LogP contribution in [-0.2, 0) is 0 Å². The lowest BCUT2D eigenvalue weighted by Gasteiger charge is -2.05. The van der Waals surface area contributed by atoms with Crippen molar-refractivity contribution in [2.75, 3.05) is 5.73 Å². The van der Waals surface area contributed by atoms with E-state index in [1.54, 1.807) is 22.9 Å². The number of hydrogen-bond donors (Lipinski definition) is 1. The van der Waals surface area contributed by atoms with E-state index in [1.807, 2.05) is 13.0 Å². The van der Waals surface area contributed by atoms with Crippen molar-refractivity contribution in [2.24, 2.45) is 0 Å². The number of aryl methyl sites for hydroxylation is 1. The number of nitrogen functional groups attached to an aromatic ring is 1. The SMILES string of the molecule is Cc1cnc2c(c1)nc(N)n2-c1cccc(F)c1. The zero-order chi connectivity index (χ0) is 12.7. The van der Waals surface area contributed by atoms with Crippen LogP contribution in [0.3, 0.4) is 0 Å². The van der Waals surface area contributed by atoms with Gasteiger partial charge in [-0.05, 0) is 36.8 Å². The number of benzene rings is 1. The molecule has 5 heteroatoms. The minimum atomic E-state index is -0.319. The Kier molecular flexibility index (Phi) is 2.26. The standard InChI is InChI=1S/C13H11FN4/c1-8-5-11-12(16-7-8)18(13(15)17-11)10-4-2-3-9(14)6-10/h2-7H,1H3,(H2,15,17). The van der Waals surface area contributed by atoms with Gasteiger partial charge in [-0.15, -0.1) is 0 Å². The summed E-state index contributed by atoms with van der Waals surface area (Å²) in [6, 6.07) is 8.08. The molecule has 90 valence electrons. The fourth-order valence-corrected chi connectivity index (χ4v) is 1.95. The zero-order valence-corrected chi connectivity index (χ0v) is 9.76. The van der Waals surface area contributed by atoms with E-state index in [1.165, 1.54) is 12.1 Å². The summed E-state index contributed by atoms with van der Waals surface area (Å²) in [6.07, 6.45) is 1.74. The number of nitrogens with zero attached hydrogens (tertiary/aromatic N) is 3. The monoisotopic (exact) mass is 242 g/mol. The highest BCUT2D eigenvalue weighted by atomic mass is 19.1. The van der Waals surface area contributed by atoms with Crippen LogP contribution in [0.4, 0.5) is 10.3 Å². The van der Waals surface area contributed by atoms with E-state index in [2.05, 4.69) is 9.97 Å². The van der Waals surface area contributed by atoms with Crippen LogP contribution in [0.5, 0.6) is 0 Å². The maximum Gasteiger partial charge on any atom is 0.207 e. The van der Waals surface area contributed by atoms with Gasteiger partial charge in [0.1, 0.15) is 11.3 Å². The molecule has 4 nitrogen and oxygen atoms in total. The molecule has 0 amide bonds. The van der Waals surface area contributed by atoms with Crippen molar-refractivity contribution in [3.05, 3.63) is 47.9 Å². The highest BCUT2D eigenvalue weighted by Gasteiger charge is 2.11. The van der Waals surface area contributed by atoms with Crippen LogP contribution < -0.4 is 5.73 Å². The van der Waals surface area contributed by atoms with Crippen molar-refractivity contribution in [2.45, 2.75) is 6.92 Å². The van der Waals surface area contributed by atoms with E-state index in [-0.39, 0.29) is 5.82 Å². The maximum atomic E-state index is 13.3. The first-order valence-corrected chi connectivity index (χ1v) is 5.51. The molecule has 2 aromatic heterocycles. The van der Waals surface area contributed by atoms with Crippen LogP contribution in [0.2, 0.25) is 0 Å². The summed E-state index contributed by atoms with van der Waals surface area (Å²) in [6.45, 7) is 1.93. The number of pyridine rings is 1. The Hall–Kier alpha value is -2.43. The molecule has 3 aromatic rings. The largest absolute Gasteiger partial charge is 0.369 e. The molecule has 0 saturated heterocycles. The number of imidazole rings is 1. The van der Waals surface area contributed by atoms with Gasteiger partial charge in [0.25, 0.3) is 0 Å². The van der Waals surface area contributed by atoms with Gasteiger partial charge in [0.2, 0.25) is 5.95 Å². The maximum absolute atomic E-state index is 13.3. The van der Waals surface area contributed by atoms with E-state index in [0.29, 0.717) is 22.8 Å². The Labute approximate surface area is 103 Å². The van der Waals surface area contributed by atoms with E-state index in [4.69, 9.17) is 5.73 Å². The summed E-state index contributed by atoms with van der Waals surface area (Å²) >= 11 is 0. The van der Waals surface area contributed by atoms with Gasteiger partial charge in [0, 0.05) is 6.20 Å². The summed E-state index contributed by atoms with van der Waals surface area (Å²) < 4.78 is 14.9. The third kappa shape index (κ3) is 1.60. The van der Waals surface area contributed by atoms with Crippen molar-refractivity contribution >= 4 is 17.1 Å². The van der Waals surface area contributed by atoms with Crippen LogP contribution >= 0.6 is 0 Å². The van der Waals surface area contributed by atoms with Crippen LogP contribution in [0.1, 0.15) is 5.56 Å². The highest BCUT2D eigenvalue weighted by molar-refractivity contribution is 5.77. The number of aromatic nitrogens is 3. The second-order valence-electron chi connectivity index (χ2n) is 4.14. The third-order valence-electron chi connectivity index (χ3n) is 2.73. The molecule has 2 heterocycles. The smallest absolute Gasteiger partial charge is 0.207 e. The lowest BCUT2D eigenvalue weighted by Crippen LogP contribution is -2.01. The Morgan fingerprint density at radius 2 is 2.11 bits per heavy atom. The average molecular weight is 242 g/mol. The number of rotatable bonds is 1. The molecule has 3 rings (SSSR count). The number of anilines is 1. The molecular formula is C13H11FN4. The van der Waals surface area contributed by atoms with Crippen LogP contribution in [0.25, 0.3) is 16.9 Å². The summed E-state index contributed by atoms with van der Waals surface area (Å²) in [5, 5.41) is 0. The molecule has 0 aliphatic heterocycles. The van der Waals surface area contributed by atoms with Gasteiger partial charge in [-0.3, -0.25) is 4.57 Å². The van der Waals surface area contributed by atoms with Crippen LogP contribution in [-0.4, -0.2) is 14.5 Å². The molecule has 0 spiro atoms. The summed E-state index contributed by atoms with van der Waals surface area (Å²) in [7, 11) is 0. The van der Waals surface area contributed by atoms with Crippen LogP contribution in [0.15, 0.2) is 36.5 Å². The zero-order valence-electron chi connectivity index (χ0n) is 9.76. The van der Waals surface area contributed by atoms with E-state index in [9.17, 15) is 4.39 Å². The molecule has 1 aromatic carbocycles. The molecule has 0 unspecified atom stereocenters. The molecule has 18 heavy (non-hydrogen) atoms. The van der Waals surface area contributed by atoms with Gasteiger partial charge >= 0.3 is 0 Å². The van der Waals surface area contributed by atoms with Crippen molar-refractivity contribution in [3.8, 4) is 5.69 Å². The highest BCUT2D eigenvalue weighted by Crippen LogP contribution is 2.22. The normalized spacial score (nSPS) is 11.0. The van der Waals surface area contributed by atoms with Gasteiger partial charge in [0.15, 0.2) is 5.65 Å². The fourth-order valence-electron chi connectivity index (χ4n) is 1.95. The topological polar surface area (TPSA) is 56.7 Å². The summed E-state index contributed by atoms with van der Waals surface area (Å²) in [5.74, 6) is -0.0189. The second-order valence-corrected chi connectivity index (χ2v) is 4.14. The lowest BCUT2D eigenvalue weighted by atomic mass is 10.3. The van der Waals surface area contributed by atoms with Gasteiger partial charge in [0.05, 0.1) is 5.69 Å². The minimum absolute atomic E-state index is 0.300. The molecular weight excluding hydrogens is 231 g/mol. The Bertz CT molecular complexity index is 733. The first-order chi connectivity index (χ1) is 8.65. The molecule has 0 saturated carbocycles. The number of nitrogens with two attached hydrogens (primary N) is 1.